The van der Waals surface area contributed by atoms with E-state index in [0.29, 0.717) is 45.1 Å². The number of carbonyl (C=O) groups excluding carboxylic acids is 1. The second-order valence-electron chi connectivity index (χ2n) is 12.8. The fourth-order valence-electron chi connectivity index (χ4n) is 4.75. The van der Waals surface area contributed by atoms with Crippen molar-refractivity contribution in [1.29, 1.82) is 5.41 Å². The third-order valence-electron chi connectivity index (χ3n) is 7.24. The zero-order valence-electron chi connectivity index (χ0n) is 27.2. The number of carbonyl (C=O) groups is 1. The number of anilines is 2. The van der Waals surface area contributed by atoms with Gasteiger partial charge in [-0.15, -0.1) is 0 Å². The van der Waals surface area contributed by atoms with E-state index in [4.69, 9.17) is 14.9 Å². The number of rotatable bonds is 11. The summed E-state index contributed by atoms with van der Waals surface area (Å²) in [5, 5.41) is 25.4. The molecule has 0 aliphatic rings. The molecule has 3 N–H and O–H groups in total. The molecule has 242 valence electrons. The first-order chi connectivity index (χ1) is 21.6. The highest BCUT2D eigenvalue weighted by Gasteiger charge is 2.21. The Morgan fingerprint density at radius 3 is 2.46 bits per heavy atom. The van der Waals surface area contributed by atoms with Gasteiger partial charge in [0.25, 0.3) is 5.56 Å². The molecule has 0 spiro atoms. The van der Waals surface area contributed by atoms with E-state index in [9.17, 15) is 14.7 Å². The first-order valence-electron chi connectivity index (χ1n) is 14.8. The van der Waals surface area contributed by atoms with E-state index in [0.717, 1.165) is 11.8 Å². The molecule has 0 bridgehead atoms. The van der Waals surface area contributed by atoms with Crippen LogP contribution in [0.4, 0.5) is 15.9 Å². The molecule has 0 saturated carbocycles. The fourth-order valence-corrected chi connectivity index (χ4v) is 4.75. The molecule has 0 atom stereocenters. The molecule has 11 heteroatoms. The maximum Gasteiger partial charge on any atom is 0.302 e. The normalized spacial score (nSPS) is 11.7. The topological polar surface area (TPSA) is 139 Å². The zero-order chi connectivity index (χ0) is 33.8. The zero-order valence-corrected chi connectivity index (χ0v) is 27.2. The van der Waals surface area contributed by atoms with Gasteiger partial charge < -0.3 is 25.3 Å². The van der Waals surface area contributed by atoms with Gasteiger partial charge in [0.15, 0.2) is 0 Å². The molecular formula is C35H40FN5O5. The summed E-state index contributed by atoms with van der Waals surface area (Å²) in [4.78, 5) is 29.3. The average molecular weight is 630 g/mol. The van der Waals surface area contributed by atoms with Gasteiger partial charge in [0, 0.05) is 43.3 Å². The van der Waals surface area contributed by atoms with E-state index in [2.05, 4.69) is 15.4 Å². The standard InChI is InChI=1S/C35H40FN5O5/c1-21(42)45-19-28-22(14-27-23(17-37)13-24(15-29(27)36)34(2,3)4)9-8-10-26(28)30-16-31(33(43)41(7)40-30)39-32-12-11-25(18-38-32)46-20-35(5,6)44/h8-13,15-18,37,44H,14,19-20H2,1-7H3,(H,38,39). The van der Waals surface area contributed by atoms with E-state index >= 15 is 4.39 Å². The molecule has 0 amide bonds. The number of nitrogens with zero attached hydrogens (tertiary/aromatic N) is 3. The maximum atomic E-state index is 15.6. The number of hydrogen-bond acceptors (Lipinski definition) is 9. The molecule has 0 fully saturated rings. The first kappa shape index (κ1) is 34.0. The fraction of sp³-hybridized carbons (Fsp3) is 0.343. The van der Waals surface area contributed by atoms with Gasteiger partial charge in [-0.1, -0.05) is 39.0 Å². The van der Waals surface area contributed by atoms with E-state index in [1.54, 1.807) is 44.2 Å². The highest BCUT2D eigenvalue weighted by atomic mass is 19.1. The van der Waals surface area contributed by atoms with Crippen LogP contribution in [0.2, 0.25) is 0 Å². The van der Waals surface area contributed by atoms with Crippen molar-refractivity contribution in [2.45, 2.75) is 65.6 Å². The number of halogens is 1. The van der Waals surface area contributed by atoms with Crippen molar-refractivity contribution >= 4 is 23.7 Å². The monoisotopic (exact) mass is 629 g/mol. The highest BCUT2D eigenvalue weighted by molar-refractivity contribution is 5.80. The predicted molar refractivity (Wildman–Crippen MR) is 175 cm³/mol. The van der Waals surface area contributed by atoms with Crippen molar-refractivity contribution < 1.29 is 23.8 Å². The second kappa shape index (κ2) is 13.6. The molecule has 2 heterocycles. The van der Waals surface area contributed by atoms with Gasteiger partial charge in [-0.3, -0.25) is 9.59 Å². The smallest absolute Gasteiger partial charge is 0.302 e. The lowest BCUT2D eigenvalue weighted by Gasteiger charge is -2.22. The molecule has 2 aromatic carbocycles. The molecule has 0 radical (unpaired) electrons. The van der Waals surface area contributed by atoms with Crippen molar-refractivity contribution in [3.05, 3.63) is 98.7 Å². The van der Waals surface area contributed by atoms with E-state index in [1.165, 1.54) is 30.9 Å². The Bertz CT molecular complexity index is 1800. The number of aromatic nitrogens is 3. The number of nitrogens with one attached hydrogen (secondary N) is 2. The number of ether oxygens (including phenoxy) is 2. The van der Waals surface area contributed by atoms with Crippen LogP contribution in [0, 0.1) is 11.2 Å². The van der Waals surface area contributed by atoms with Crippen LogP contribution in [-0.2, 0) is 35.0 Å². The lowest BCUT2D eigenvalue weighted by molar-refractivity contribution is -0.142. The summed E-state index contributed by atoms with van der Waals surface area (Å²) in [5.74, 6) is -0.0744. The van der Waals surface area contributed by atoms with Gasteiger partial charge in [-0.25, -0.2) is 14.1 Å². The van der Waals surface area contributed by atoms with Crippen LogP contribution in [0.25, 0.3) is 11.3 Å². The molecule has 2 aromatic heterocycles. The predicted octanol–water partition coefficient (Wildman–Crippen LogP) is 5.82. The third kappa shape index (κ3) is 8.42. The number of aryl methyl sites for hydroxylation is 1. The van der Waals surface area contributed by atoms with E-state index in [-0.39, 0.29) is 30.7 Å². The lowest BCUT2D eigenvalue weighted by Crippen LogP contribution is -2.27. The number of pyridine rings is 1. The Hall–Kier alpha value is -4.90. The van der Waals surface area contributed by atoms with Crippen LogP contribution < -0.4 is 15.6 Å². The minimum atomic E-state index is -1.00. The van der Waals surface area contributed by atoms with Crippen LogP contribution in [0.15, 0.2) is 59.5 Å². The minimum absolute atomic E-state index is 0.0853. The van der Waals surface area contributed by atoms with Crippen molar-refractivity contribution in [3.63, 3.8) is 0 Å². The lowest BCUT2D eigenvalue weighted by atomic mass is 9.84. The minimum Gasteiger partial charge on any atom is -0.489 e. The third-order valence-corrected chi connectivity index (χ3v) is 7.24. The van der Waals surface area contributed by atoms with Crippen LogP contribution in [0.3, 0.4) is 0 Å². The summed E-state index contributed by atoms with van der Waals surface area (Å²) >= 11 is 0. The molecule has 0 aliphatic heterocycles. The van der Waals surface area contributed by atoms with Gasteiger partial charge >= 0.3 is 5.97 Å². The van der Waals surface area contributed by atoms with Gasteiger partial charge in [0.2, 0.25) is 0 Å². The van der Waals surface area contributed by atoms with Crippen LogP contribution in [0.5, 0.6) is 5.75 Å². The Labute approximate surface area is 267 Å². The van der Waals surface area contributed by atoms with Crippen LogP contribution in [-0.4, -0.2) is 44.3 Å². The number of aliphatic hydroxyl groups is 1. The van der Waals surface area contributed by atoms with Crippen molar-refractivity contribution in [2.24, 2.45) is 7.05 Å². The van der Waals surface area contributed by atoms with E-state index < -0.39 is 22.9 Å². The Balaban J connectivity index is 1.74. The first-order valence-corrected chi connectivity index (χ1v) is 14.8. The Morgan fingerprint density at radius 1 is 1.11 bits per heavy atom. The highest BCUT2D eigenvalue weighted by Crippen LogP contribution is 2.32. The van der Waals surface area contributed by atoms with Crippen molar-refractivity contribution in [1.82, 2.24) is 14.8 Å². The van der Waals surface area contributed by atoms with Gasteiger partial charge in [-0.05, 0) is 66.3 Å². The SMILES string of the molecule is CC(=O)OCc1c(Cc2c(F)cc(C(C)(C)C)cc2C=N)cccc1-c1cc(Nc2ccc(OCC(C)(C)O)cn2)c(=O)n(C)n1. The molecule has 10 nitrogen and oxygen atoms in total. The van der Waals surface area contributed by atoms with E-state index in [1.807, 2.05) is 32.9 Å². The van der Waals surface area contributed by atoms with Crippen LogP contribution in [0.1, 0.15) is 69.4 Å². The number of benzene rings is 2. The number of esters is 1. The van der Waals surface area contributed by atoms with Crippen molar-refractivity contribution in [2.75, 3.05) is 11.9 Å². The summed E-state index contributed by atoms with van der Waals surface area (Å²) < 4.78 is 27.8. The maximum absolute atomic E-state index is 15.6. The summed E-state index contributed by atoms with van der Waals surface area (Å²) in [6, 6.07) is 13.6. The average Bonchev–Trinajstić information content (AvgIpc) is 2.98. The molecule has 4 rings (SSSR count). The molecule has 0 saturated heterocycles. The molecule has 4 aromatic rings. The molecule has 0 aliphatic carbocycles. The van der Waals surface area contributed by atoms with Gasteiger partial charge in [0.05, 0.1) is 17.5 Å². The van der Waals surface area contributed by atoms with Crippen LogP contribution >= 0.6 is 0 Å². The summed E-state index contributed by atoms with van der Waals surface area (Å²) in [5.41, 5.74) is 2.35. The summed E-state index contributed by atoms with van der Waals surface area (Å²) in [6.07, 6.45) is 2.76. The Kier molecular flexibility index (Phi) is 10.1. The number of hydrogen-bond donors (Lipinski definition) is 3. The molecule has 46 heavy (non-hydrogen) atoms. The largest absolute Gasteiger partial charge is 0.489 e. The molecular weight excluding hydrogens is 589 g/mol. The Morgan fingerprint density at radius 2 is 1.85 bits per heavy atom. The van der Waals surface area contributed by atoms with Crippen molar-refractivity contribution in [3.8, 4) is 17.0 Å². The second-order valence-corrected chi connectivity index (χ2v) is 12.8. The summed E-state index contributed by atoms with van der Waals surface area (Å²) in [6.45, 7) is 10.5. The molecule has 0 unspecified atom stereocenters. The summed E-state index contributed by atoms with van der Waals surface area (Å²) in [7, 11) is 1.52. The quantitative estimate of drug-likeness (QED) is 0.139. The van der Waals surface area contributed by atoms with Gasteiger partial charge in [-0.2, -0.15) is 5.10 Å². The van der Waals surface area contributed by atoms with Gasteiger partial charge in [0.1, 0.15) is 36.3 Å².